The van der Waals surface area contributed by atoms with E-state index in [0.29, 0.717) is 0 Å². The van der Waals surface area contributed by atoms with E-state index >= 15 is 0 Å². The number of rotatable bonds is 3. The average Bonchev–Trinajstić information content (AvgIpc) is 2.47. The summed E-state index contributed by atoms with van der Waals surface area (Å²) in [6.45, 7) is 2.29. The molecule has 0 aromatic heterocycles. The van der Waals surface area contributed by atoms with E-state index in [9.17, 15) is 0 Å². The second-order valence-corrected chi connectivity index (χ2v) is 6.49. The van der Waals surface area contributed by atoms with Crippen LogP contribution in [0.5, 0.6) is 5.75 Å². The quantitative estimate of drug-likeness (QED) is 0.910. The second kappa shape index (κ2) is 6.15. The molecule has 1 fully saturated rings. The number of nitrogens with one attached hydrogen (secondary N) is 1. The Morgan fingerprint density at radius 2 is 2.15 bits per heavy atom. The summed E-state index contributed by atoms with van der Waals surface area (Å²) in [5.41, 5.74) is 1.33. The molecule has 1 N–H and O–H groups in total. The monoisotopic (exact) mass is 333 g/mol. The minimum absolute atomic E-state index is 0.724. The van der Waals surface area contributed by atoms with Crippen molar-refractivity contribution in [3.05, 3.63) is 40.4 Å². The lowest BCUT2D eigenvalue weighted by molar-refractivity contribution is 0.364. The lowest BCUT2D eigenvalue weighted by Crippen LogP contribution is -2.30. The van der Waals surface area contributed by atoms with Crippen LogP contribution in [-0.2, 0) is 6.42 Å². The smallest absolute Gasteiger partial charge is 0.122 e. The van der Waals surface area contributed by atoms with Crippen molar-refractivity contribution < 1.29 is 4.74 Å². The van der Waals surface area contributed by atoms with Crippen LogP contribution in [0.25, 0.3) is 10.8 Å². The third-order valence-corrected chi connectivity index (χ3v) is 4.60. The highest BCUT2D eigenvalue weighted by Crippen LogP contribution is 2.30. The molecule has 0 spiro atoms. The van der Waals surface area contributed by atoms with E-state index in [2.05, 4.69) is 51.6 Å². The summed E-state index contributed by atoms with van der Waals surface area (Å²) >= 11 is 3.55. The molecule has 1 heterocycles. The van der Waals surface area contributed by atoms with Gasteiger partial charge in [0.1, 0.15) is 5.75 Å². The summed E-state index contributed by atoms with van der Waals surface area (Å²) in [6, 6.07) is 10.8. The first kappa shape index (κ1) is 13.9. The normalized spacial score (nSPS) is 19.2. The van der Waals surface area contributed by atoms with Crippen molar-refractivity contribution in [1.29, 1.82) is 0 Å². The molecular weight excluding hydrogens is 314 g/mol. The molecule has 1 aliphatic heterocycles. The minimum atomic E-state index is 0.724. The zero-order valence-electron chi connectivity index (χ0n) is 11.8. The van der Waals surface area contributed by atoms with Crippen molar-refractivity contribution in [3.63, 3.8) is 0 Å². The SMILES string of the molecule is COc1cc2ccc(Br)cc2cc1CC1CCCNC1. The summed E-state index contributed by atoms with van der Waals surface area (Å²) < 4.78 is 6.72. The molecule has 0 saturated carbocycles. The second-order valence-electron chi connectivity index (χ2n) is 5.57. The Morgan fingerprint density at radius 1 is 1.25 bits per heavy atom. The largest absolute Gasteiger partial charge is 0.496 e. The third-order valence-electron chi connectivity index (χ3n) is 4.11. The maximum atomic E-state index is 5.59. The van der Waals surface area contributed by atoms with E-state index in [0.717, 1.165) is 35.7 Å². The molecule has 20 heavy (non-hydrogen) atoms. The highest BCUT2D eigenvalue weighted by molar-refractivity contribution is 9.10. The van der Waals surface area contributed by atoms with E-state index in [1.165, 1.54) is 29.2 Å². The third kappa shape index (κ3) is 2.99. The molecule has 2 aromatic rings. The van der Waals surface area contributed by atoms with Gasteiger partial charge in [0.15, 0.2) is 0 Å². The van der Waals surface area contributed by atoms with Crippen molar-refractivity contribution in [1.82, 2.24) is 5.32 Å². The van der Waals surface area contributed by atoms with Gasteiger partial charge in [0, 0.05) is 4.47 Å². The molecule has 106 valence electrons. The van der Waals surface area contributed by atoms with Gasteiger partial charge in [-0.2, -0.15) is 0 Å². The Hall–Kier alpha value is -1.06. The first-order valence-electron chi connectivity index (χ1n) is 7.23. The zero-order valence-corrected chi connectivity index (χ0v) is 13.4. The van der Waals surface area contributed by atoms with Crippen molar-refractivity contribution >= 4 is 26.7 Å². The molecule has 1 aliphatic rings. The maximum absolute atomic E-state index is 5.59. The van der Waals surface area contributed by atoms with Crippen molar-refractivity contribution in [2.45, 2.75) is 19.3 Å². The van der Waals surface area contributed by atoms with Crippen LogP contribution in [0.1, 0.15) is 18.4 Å². The summed E-state index contributed by atoms with van der Waals surface area (Å²) in [6.07, 6.45) is 3.69. The number of hydrogen-bond acceptors (Lipinski definition) is 2. The molecule has 1 saturated heterocycles. The van der Waals surface area contributed by atoms with Crippen LogP contribution in [0, 0.1) is 5.92 Å². The standard InChI is InChI=1S/C17H20BrNO/c1-20-17-10-13-4-5-16(18)9-14(13)8-15(17)7-12-3-2-6-19-11-12/h4-5,8-10,12,19H,2-3,6-7,11H2,1H3. The molecule has 0 bridgehead atoms. The summed E-state index contributed by atoms with van der Waals surface area (Å²) in [5, 5.41) is 6.00. The van der Waals surface area contributed by atoms with Crippen LogP contribution in [0.3, 0.4) is 0 Å². The fourth-order valence-electron chi connectivity index (χ4n) is 3.05. The Kier molecular flexibility index (Phi) is 4.27. The zero-order chi connectivity index (χ0) is 13.9. The summed E-state index contributed by atoms with van der Waals surface area (Å²) in [4.78, 5) is 0. The molecule has 1 atom stereocenters. The molecule has 0 amide bonds. The van der Waals surface area contributed by atoms with Crippen LogP contribution in [0.15, 0.2) is 34.8 Å². The Balaban J connectivity index is 1.94. The van der Waals surface area contributed by atoms with E-state index in [1.54, 1.807) is 7.11 Å². The molecule has 3 rings (SSSR count). The predicted octanol–water partition coefficient (Wildman–Crippen LogP) is 4.15. The number of hydrogen-bond donors (Lipinski definition) is 1. The predicted molar refractivity (Wildman–Crippen MR) is 87.5 cm³/mol. The van der Waals surface area contributed by atoms with Crippen LogP contribution < -0.4 is 10.1 Å². The molecule has 1 unspecified atom stereocenters. The molecule has 2 aromatic carbocycles. The van der Waals surface area contributed by atoms with Gasteiger partial charge < -0.3 is 10.1 Å². The highest BCUT2D eigenvalue weighted by Gasteiger charge is 2.16. The van der Waals surface area contributed by atoms with Crippen LogP contribution in [-0.4, -0.2) is 20.2 Å². The van der Waals surface area contributed by atoms with Crippen LogP contribution in [0.2, 0.25) is 0 Å². The molecule has 2 nitrogen and oxygen atoms in total. The number of benzene rings is 2. The van der Waals surface area contributed by atoms with E-state index < -0.39 is 0 Å². The Bertz CT molecular complexity index is 605. The van der Waals surface area contributed by atoms with E-state index in [4.69, 9.17) is 4.74 Å². The fourth-order valence-corrected chi connectivity index (χ4v) is 3.43. The molecule has 3 heteroatoms. The van der Waals surface area contributed by atoms with Gasteiger partial charge in [-0.3, -0.25) is 0 Å². The average molecular weight is 334 g/mol. The molecule has 0 aliphatic carbocycles. The lowest BCUT2D eigenvalue weighted by Gasteiger charge is -2.23. The maximum Gasteiger partial charge on any atom is 0.122 e. The fraction of sp³-hybridized carbons (Fsp3) is 0.412. The molecule has 0 radical (unpaired) electrons. The van der Waals surface area contributed by atoms with Gasteiger partial charge in [0.25, 0.3) is 0 Å². The topological polar surface area (TPSA) is 21.3 Å². The van der Waals surface area contributed by atoms with Crippen LogP contribution >= 0.6 is 15.9 Å². The number of piperidine rings is 1. The first-order valence-corrected chi connectivity index (χ1v) is 8.02. The van der Waals surface area contributed by atoms with Gasteiger partial charge in [-0.25, -0.2) is 0 Å². The van der Waals surface area contributed by atoms with Crippen molar-refractivity contribution in [2.75, 3.05) is 20.2 Å². The minimum Gasteiger partial charge on any atom is -0.496 e. The van der Waals surface area contributed by atoms with E-state index in [-0.39, 0.29) is 0 Å². The number of fused-ring (bicyclic) bond motifs is 1. The van der Waals surface area contributed by atoms with Crippen molar-refractivity contribution in [3.8, 4) is 5.75 Å². The number of ether oxygens (including phenoxy) is 1. The van der Waals surface area contributed by atoms with Gasteiger partial charge >= 0.3 is 0 Å². The number of halogens is 1. The lowest BCUT2D eigenvalue weighted by atomic mass is 9.91. The van der Waals surface area contributed by atoms with E-state index in [1.807, 2.05) is 0 Å². The van der Waals surface area contributed by atoms with Gasteiger partial charge in [-0.05, 0) is 78.9 Å². The van der Waals surface area contributed by atoms with Gasteiger partial charge in [-0.1, -0.05) is 22.0 Å². The Labute approximate surface area is 128 Å². The Morgan fingerprint density at radius 3 is 2.90 bits per heavy atom. The number of methoxy groups -OCH3 is 1. The summed E-state index contributed by atoms with van der Waals surface area (Å²) in [5.74, 6) is 1.74. The van der Waals surface area contributed by atoms with Gasteiger partial charge in [0.2, 0.25) is 0 Å². The van der Waals surface area contributed by atoms with Gasteiger partial charge in [0.05, 0.1) is 7.11 Å². The molecular formula is C17H20BrNO. The summed E-state index contributed by atoms with van der Waals surface area (Å²) in [7, 11) is 1.77. The first-order chi connectivity index (χ1) is 9.76. The van der Waals surface area contributed by atoms with Gasteiger partial charge in [-0.15, -0.1) is 0 Å². The highest BCUT2D eigenvalue weighted by atomic mass is 79.9. The van der Waals surface area contributed by atoms with Crippen LogP contribution in [0.4, 0.5) is 0 Å². The van der Waals surface area contributed by atoms with Crippen molar-refractivity contribution in [2.24, 2.45) is 5.92 Å².